The van der Waals surface area contributed by atoms with Gasteiger partial charge in [-0.25, -0.2) is 0 Å². The smallest absolute Gasteiger partial charge is 0.102 e. The SMILES string of the molecule is CC[N+]1(CC)C=CC(c2ccc(-c3ccc(N)cc3)s2)=CC1. The fourth-order valence-electron chi connectivity index (χ4n) is 2.82. The Hall–Kier alpha value is -1.84. The van der Waals surface area contributed by atoms with Crippen LogP contribution in [-0.2, 0) is 0 Å². The van der Waals surface area contributed by atoms with Crippen molar-refractivity contribution in [2.75, 3.05) is 25.4 Å². The summed E-state index contributed by atoms with van der Waals surface area (Å²) >= 11 is 1.85. The van der Waals surface area contributed by atoms with Gasteiger partial charge < -0.3 is 5.73 Å². The Bertz CT molecular complexity index is 703. The molecular formula is C19H23N2S+. The summed E-state index contributed by atoms with van der Waals surface area (Å²) in [7, 11) is 0. The van der Waals surface area contributed by atoms with Crippen LogP contribution in [0.5, 0.6) is 0 Å². The van der Waals surface area contributed by atoms with Crippen molar-refractivity contribution in [1.82, 2.24) is 0 Å². The Balaban J connectivity index is 1.82. The highest BCUT2D eigenvalue weighted by atomic mass is 32.1. The van der Waals surface area contributed by atoms with E-state index >= 15 is 0 Å². The van der Waals surface area contributed by atoms with Gasteiger partial charge in [-0.05, 0) is 61.4 Å². The average Bonchev–Trinajstić information content (AvgIpc) is 3.05. The van der Waals surface area contributed by atoms with Crippen LogP contribution in [0, 0.1) is 0 Å². The van der Waals surface area contributed by atoms with E-state index in [1.54, 1.807) is 0 Å². The van der Waals surface area contributed by atoms with Gasteiger partial charge in [0.05, 0.1) is 19.3 Å². The first-order valence-electron chi connectivity index (χ1n) is 7.87. The first-order chi connectivity index (χ1) is 10.7. The number of nitrogens with zero attached hydrogens (tertiary/aromatic N) is 1. The minimum Gasteiger partial charge on any atom is -0.399 e. The number of nitrogen functional groups attached to an aromatic ring is 1. The number of thiophene rings is 1. The van der Waals surface area contributed by atoms with E-state index < -0.39 is 0 Å². The minimum atomic E-state index is 0.812. The maximum absolute atomic E-state index is 5.76. The highest BCUT2D eigenvalue weighted by Crippen LogP contribution is 2.34. The third-order valence-electron chi connectivity index (χ3n) is 4.59. The lowest BCUT2D eigenvalue weighted by Gasteiger charge is -2.33. The molecule has 0 atom stereocenters. The van der Waals surface area contributed by atoms with Crippen LogP contribution in [0.3, 0.4) is 0 Å². The number of quaternary nitrogens is 1. The van der Waals surface area contributed by atoms with E-state index in [1.165, 1.54) is 20.9 Å². The molecule has 0 saturated heterocycles. The number of rotatable bonds is 4. The quantitative estimate of drug-likeness (QED) is 0.639. The molecule has 0 radical (unpaired) electrons. The van der Waals surface area contributed by atoms with Crippen LogP contribution in [0.4, 0.5) is 5.69 Å². The number of hydrogen-bond donors (Lipinski definition) is 1. The van der Waals surface area contributed by atoms with Gasteiger partial charge in [-0.2, -0.15) is 0 Å². The number of benzene rings is 1. The van der Waals surface area contributed by atoms with Crippen LogP contribution in [0.2, 0.25) is 0 Å². The van der Waals surface area contributed by atoms with Gasteiger partial charge in [0.2, 0.25) is 0 Å². The predicted molar refractivity (Wildman–Crippen MR) is 97.5 cm³/mol. The van der Waals surface area contributed by atoms with Crippen molar-refractivity contribution in [3.05, 3.63) is 59.6 Å². The van der Waals surface area contributed by atoms with Gasteiger partial charge in [-0.1, -0.05) is 12.1 Å². The molecule has 3 rings (SSSR count). The molecule has 1 aromatic carbocycles. The second-order valence-electron chi connectivity index (χ2n) is 5.79. The van der Waals surface area contributed by atoms with Gasteiger partial charge in [-0.3, -0.25) is 4.48 Å². The van der Waals surface area contributed by atoms with Crippen LogP contribution < -0.4 is 5.73 Å². The van der Waals surface area contributed by atoms with E-state index in [2.05, 4.69) is 56.5 Å². The number of likely N-dealkylation sites (N-methyl/N-ethyl adjacent to an activating group) is 1. The third kappa shape index (κ3) is 2.87. The Morgan fingerprint density at radius 3 is 2.27 bits per heavy atom. The fourth-order valence-corrected chi connectivity index (χ4v) is 3.85. The van der Waals surface area contributed by atoms with Crippen molar-refractivity contribution >= 4 is 22.6 Å². The molecule has 3 heteroatoms. The Morgan fingerprint density at radius 2 is 1.68 bits per heavy atom. The second kappa shape index (κ2) is 6.11. The van der Waals surface area contributed by atoms with E-state index in [0.717, 1.165) is 29.8 Å². The van der Waals surface area contributed by atoms with Gasteiger partial charge in [0.25, 0.3) is 0 Å². The molecule has 2 N–H and O–H groups in total. The van der Waals surface area contributed by atoms with E-state index in [0.29, 0.717) is 0 Å². The molecule has 0 unspecified atom stereocenters. The van der Waals surface area contributed by atoms with Gasteiger partial charge in [0.15, 0.2) is 0 Å². The number of hydrogen-bond acceptors (Lipinski definition) is 2. The van der Waals surface area contributed by atoms with Crippen LogP contribution in [0.15, 0.2) is 54.8 Å². The molecule has 114 valence electrons. The van der Waals surface area contributed by atoms with E-state index in [-0.39, 0.29) is 0 Å². The summed E-state index contributed by atoms with van der Waals surface area (Å²) in [5, 5.41) is 0. The van der Waals surface area contributed by atoms with Crippen LogP contribution >= 0.6 is 11.3 Å². The summed E-state index contributed by atoms with van der Waals surface area (Å²) in [5.41, 5.74) is 9.16. The Labute approximate surface area is 136 Å². The molecule has 0 bridgehead atoms. The van der Waals surface area contributed by atoms with Crippen LogP contribution in [0.25, 0.3) is 16.0 Å². The highest BCUT2D eigenvalue weighted by Gasteiger charge is 2.22. The summed E-state index contributed by atoms with van der Waals surface area (Å²) in [4.78, 5) is 2.63. The first kappa shape index (κ1) is 15.1. The maximum atomic E-state index is 5.76. The second-order valence-corrected chi connectivity index (χ2v) is 6.88. The molecule has 0 aliphatic carbocycles. The fraction of sp³-hybridized carbons (Fsp3) is 0.263. The minimum absolute atomic E-state index is 0.812. The number of anilines is 1. The molecule has 1 aromatic heterocycles. The van der Waals surface area contributed by atoms with Gasteiger partial charge in [0.1, 0.15) is 6.54 Å². The van der Waals surface area contributed by atoms with Crippen molar-refractivity contribution in [3.63, 3.8) is 0 Å². The molecule has 2 heterocycles. The van der Waals surface area contributed by atoms with E-state index in [4.69, 9.17) is 5.73 Å². The monoisotopic (exact) mass is 311 g/mol. The summed E-state index contributed by atoms with van der Waals surface area (Å²) in [6, 6.07) is 12.5. The van der Waals surface area contributed by atoms with Crippen molar-refractivity contribution in [3.8, 4) is 10.4 Å². The van der Waals surface area contributed by atoms with Crippen molar-refractivity contribution in [2.45, 2.75) is 13.8 Å². The lowest BCUT2D eigenvalue weighted by atomic mass is 10.1. The summed E-state index contributed by atoms with van der Waals surface area (Å²) in [6.45, 7) is 7.91. The molecule has 0 amide bonds. The van der Waals surface area contributed by atoms with E-state index in [1.807, 2.05) is 23.5 Å². The van der Waals surface area contributed by atoms with Gasteiger partial charge >= 0.3 is 0 Å². The van der Waals surface area contributed by atoms with Crippen molar-refractivity contribution in [1.29, 1.82) is 0 Å². The zero-order valence-electron chi connectivity index (χ0n) is 13.3. The molecule has 2 nitrogen and oxygen atoms in total. The highest BCUT2D eigenvalue weighted by molar-refractivity contribution is 7.16. The normalized spacial score (nSPS) is 16.5. The standard InChI is InChI=1S/C19H23N2S/c1-3-21(4-2)13-11-16(12-14-21)19-10-9-18(22-19)15-5-7-17(20)8-6-15/h5-13H,3-4,14,20H2,1-2H3/q+1. The van der Waals surface area contributed by atoms with E-state index in [9.17, 15) is 0 Å². The summed E-state index contributed by atoms with van der Waals surface area (Å²) < 4.78 is 1.06. The third-order valence-corrected chi connectivity index (χ3v) is 5.77. The number of nitrogens with two attached hydrogens (primary N) is 1. The predicted octanol–water partition coefficient (Wildman–Crippen LogP) is 4.76. The zero-order chi connectivity index (χ0) is 15.6. The summed E-state index contributed by atoms with van der Waals surface area (Å²) in [5.74, 6) is 0. The summed E-state index contributed by atoms with van der Waals surface area (Å²) in [6.07, 6.45) is 7.03. The maximum Gasteiger partial charge on any atom is 0.102 e. The topological polar surface area (TPSA) is 26.0 Å². The molecule has 2 aromatic rings. The molecule has 0 fully saturated rings. The lowest BCUT2D eigenvalue weighted by molar-refractivity contribution is -0.870. The zero-order valence-corrected chi connectivity index (χ0v) is 14.1. The lowest BCUT2D eigenvalue weighted by Crippen LogP contribution is -2.43. The largest absolute Gasteiger partial charge is 0.399 e. The van der Waals surface area contributed by atoms with Gasteiger partial charge in [0, 0.05) is 15.4 Å². The van der Waals surface area contributed by atoms with Crippen LogP contribution in [-0.4, -0.2) is 24.1 Å². The molecule has 1 aliphatic rings. The van der Waals surface area contributed by atoms with Crippen molar-refractivity contribution < 1.29 is 4.48 Å². The Kier molecular flexibility index (Phi) is 4.19. The molecule has 0 spiro atoms. The molecular weight excluding hydrogens is 288 g/mol. The first-order valence-corrected chi connectivity index (χ1v) is 8.69. The molecule has 1 aliphatic heterocycles. The Morgan fingerprint density at radius 1 is 1.00 bits per heavy atom. The molecule has 0 saturated carbocycles. The number of allylic oxidation sites excluding steroid dienone is 2. The van der Waals surface area contributed by atoms with Crippen molar-refractivity contribution in [2.24, 2.45) is 0 Å². The van der Waals surface area contributed by atoms with Crippen LogP contribution in [0.1, 0.15) is 18.7 Å². The van der Waals surface area contributed by atoms with Gasteiger partial charge in [-0.15, -0.1) is 11.3 Å². The average molecular weight is 311 g/mol. The molecule has 22 heavy (non-hydrogen) atoms.